The highest BCUT2D eigenvalue weighted by molar-refractivity contribution is 7.92. The predicted octanol–water partition coefficient (Wildman–Crippen LogP) is 1.99. The lowest BCUT2D eigenvalue weighted by molar-refractivity contribution is -0.117. The van der Waals surface area contributed by atoms with Gasteiger partial charge in [-0.05, 0) is 36.5 Å². The quantitative estimate of drug-likeness (QED) is 0.794. The summed E-state index contributed by atoms with van der Waals surface area (Å²) in [6, 6.07) is 2.73. The molecule has 1 amide bonds. The topological polar surface area (TPSA) is 90.0 Å². The fourth-order valence-electron chi connectivity index (χ4n) is 4.36. The van der Waals surface area contributed by atoms with Crippen molar-refractivity contribution in [3.63, 3.8) is 0 Å². The molecule has 7 nitrogen and oxygen atoms in total. The summed E-state index contributed by atoms with van der Waals surface area (Å²) >= 11 is 0. The first-order valence-corrected chi connectivity index (χ1v) is 11.1. The molecule has 0 spiro atoms. The summed E-state index contributed by atoms with van der Waals surface area (Å²) in [7, 11) is -4.20. The Morgan fingerprint density at radius 3 is 2.61 bits per heavy atom. The van der Waals surface area contributed by atoms with Crippen LogP contribution >= 0.6 is 0 Å². The van der Waals surface area contributed by atoms with Gasteiger partial charge in [0.25, 0.3) is 5.91 Å². The van der Waals surface area contributed by atoms with Crippen molar-refractivity contribution in [3.8, 4) is 5.75 Å². The Morgan fingerprint density at radius 2 is 1.93 bits per heavy atom. The first-order valence-electron chi connectivity index (χ1n) is 9.61. The zero-order valence-electron chi connectivity index (χ0n) is 15.5. The molecule has 0 unspecified atom stereocenters. The Kier molecular flexibility index (Phi) is 5.05. The first kappa shape index (κ1) is 19.2. The van der Waals surface area contributed by atoms with E-state index in [1.807, 2.05) is 6.08 Å². The smallest absolute Gasteiger partial charge is 0.326 e. The number of nitrogens with zero attached hydrogens (tertiary/aromatic N) is 2. The van der Waals surface area contributed by atoms with Gasteiger partial charge in [-0.1, -0.05) is 25.3 Å². The largest absolute Gasteiger partial charge is 0.506 e. The number of benzene rings is 1. The van der Waals surface area contributed by atoms with Gasteiger partial charge in [0.2, 0.25) is 0 Å². The van der Waals surface area contributed by atoms with Crippen molar-refractivity contribution in [3.05, 3.63) is 29.6 Å². The van der Waals surface area contributed by atoms with Crippen LogP contribution in [0.25, 0.3) is 5.57 Å². The van der Waals surface area contributed by atoms with Gasteiger partial charge in [0, 0.05) is 25.2 Å². The van der Waals surface area contributed by atoms with Crippen molar-refractivity contribution in [2.45, 2.75) is 32.1 Å². The molecule has 4 rings (SSSR count). The van der Waals surface area contributed by atoms with Crippen LogP contribution in [-0.4, -0.2) is 50.5 Å². The number of rotatable bonds is 4. The van der Waals surface area contributed by atoms with E-state index >= 15 is 4.39 Å². The fraction of sp³-hybridized carbons (Fsp3) is 0.526. The summed E-state index contributed by atoms with van der Waals surface area (Å²) in [6.07, 6.45) is 8.26. The fourth-order valence-corrected chi connectivity index (χ4v) is 5.53. The van der Waals surface area contributed by atoms with Gasteiger partial charge < -0.3 is 5.11 Å². The Morgan fingerprint density at radius 1 is 1.18 bits per heavy atom. The van der Waals surface area contributed by atoms with Crippen LogP contribution in [-0.2, 0) is 15.0 Å². The predicted molar refractivity (Wildman–Crippen MR) is 103 cm³/mol. The second-order valence-electron chi connectivity index (χ2n) is 7.76. The van der Waals surface area contributed by atoms with Crippen LogP contribution in [0.1, 0.15) is 37.7 Å². The van der Waals surface area contributed by atoms with E-state index in [1.165, 1.54) is 44.2 Å². The number of amides is 1. The SMILES string of the molecule is O=C1CN(c2c(O)ccc(C3=CCN(CC4CCCCC4)C3)c2F)S(=O)(=O)N1. The van der Waals surface area contributed by atoms with Crippen molar-refractivity contribution >= 4 is 27.4 Å². The minimum absolute atomic E-state index is 0.258. The summed E-state index contributed by atoms with van der Waals surface area (Å²) in [5, 5.41) is 10.1. The number of hydrogen-bond acceptors (Lipinski definition) is 5. The molecule has 1 aromatic carbocycles. The molecule has 0 radical (unpaired) electrons. The zero-order chi connectivity index (χ0) is 19.9. The molecule has 1 saturated heterocycles. The number of hydrogen-bond donors (Lipinski definition) is 2. The van der Waals surface area contributed by atoms with Crippen LogP contribution in [0.2, 0.25) is 0 Å². The molecule has 0 atom stereocenters. The van der Waals surface area contributed by atoms with E-state index in [1.54, 1.807) is 4.72 Å². The third-order valence-electron chi connectivity index (χ3n) is 5.74. The van der Waals surface area contributed by atoms with E-state index in [4.69, 9.17) is 0 Å². The highest BCUT2D eigenvalue weighted by atomic mass is 32.2. The molecular formula is C19H24FN3O4S. The molecule has 2 fully saturated rings. The molecule has 9 heteroatoms. The van der Waals surface area contributed by atoms with Crippen LogP contribution in [0.15, 0.2) is 18.2 Å². The van der Waals surface area contributed by atoms with Gasteiger partial charge >= 0.3 is 10.2 Å². The maximum atomic E-state index is 15.2. The standard InChI is InChI=1S/C19H24FN3O4S/c20-18-15(14-8-9-22(11-14)10-13-4-2-1-3-5-13)6-7-16(24)19(18)23-12-17(25)21-28(23,26)27/h6-8,13,24H,1-5,9-12H2,(H,21,25). The minimum atomic E-state index is -4.20. The average Bonchev–Trinajstić information content (AvgIpc) is 3.19. The summed E-state index contributed by atoms with van der Waals surface area (Å²) in [4.78, 5) is 13.8. The van der Waals surface area contributed by atoms with Crippen molar-refractivity contribution < 1.29 is 22.7 Å². The van der Waals surface area contributed by atoms with E-state index in [-0.39, 0.29) is 5.56 Å². The van der Waals surface area contributed by atoms with Crippen LogP contribution in [0.5, 0.6) is 5.75 Å². The van der Waals surface area contributed by atoms with Crippen LogP contribution < -0.4 is 9.03 Å². The van der Waals surface area contributed by atoms with Gasteiger partial charge in [0.05, 0.1) is 0 Å². The van der Waals surface area contributed by atoms with Gasteiger partial charge in [-0.25, -0.2) is 13.4 Å². The number of anilines is 1. The highest BCUT2D eigenvalue weighted by Crippen LogP contribution is 2.38. The molecule has 2 N–H and O–H groups in total. The molecule has 1 aromatic rings. The number of carbonyl (C=O) groups excluding carboxylic acids is 1. The van der Waals surface area contributed by atoms with Gasteiger partial charge in [-0.15, -0.1) is 0 Å². The van der Waals surface area contributed by atoms with Crippen molar-refractivity contribution in [2.24, 2.45) is 5.92 Å². The maximum absolute atomic E-state index is 15.2. The monoisotopic (exact) mass is 409 g/mol. The van der Waals surface area contributed by atoms with Gasteiger partial charge in [0.15, 0.2) is 5.82 Å². The lowest BCUT2D eigenvalue weighted by Crippen LogP contribution is -2.30. The average molecular weight is 409 g/mol. The van der Waals surface area contributed by atoms with Gasteiger partial charge in [-0.3, -0.25) is 9.69 Å². The Hall–Kier alpha value is -2.13. The molecular weight excluding hydrogens is 385 g/mol. The third-order valence-corrected chi connectivity index (χ3v) is 7.12. The molecule has 28 heavy (non-hydrogen) atoms. The first-order chi connectivity index (χ1) is 13.3. The molecule has 1 saturated carbocycles. The lowest BCUT2D eigenvalue weighted by Gasteiger charge is -2.27. The lowest BCUT2D eigenvalue weighted by atomic mass is 9.89. The van der Waals surface area contributed by atoms with Crippen molar-refractivity contribution in [2.75, 3.05) is 30.5 Å². The second-order valence-corrected chi connectivity index (χ2v) is 9.35. The van der Waals surface area contributed by atoms with Crippen LogP contribution in [0.3, 0.4) is 0 Å². The van der Waals surface area contributed by atoms with E-state index in [9.17, 15) is 18.3 Å². The van der Waals surface area contributed by atoms with Crippen molar-refractivity contribution in [1.82, 2.24) is 9.62 Å². The Balaban J connectivity index is 1.55. The zero-order valence-corrected chi connectivity index (χ0v) is 16.3. The molecule has 2 heterocycles. The molecule has 0 bridgehead atoms. The Labute approximate surface area is 164 Å². The number of nitrogens with one attached hydrogen (secondary N) is 1. The van der Waals surface area contributed by atoms with Gasteiger partial charge in [0.1, 0.15) is 18.0 Å². The number of phenolic OH excluding ortho intramolecular Hbond substituents is 1. The van der Waals surface area contributed by atoms with Crippen molar-refractivity contribution in [1.29, 1.82) is 0 Å². The number of carbonyl (C=O) groups is 1. The number of phenols is 1. The summed E-state index contributed by atoms with van der Waals surface area (Å²) < 4.78 is 41.8. The summed E-state index contributed by atoms with van der Waals surface area (Å²) in [5.41, 5.74) is 0.543. The second kappa shape index (κ2) is 7.36. The normalized spacial score (nSPS) is 23.1. The number of aromatic hydroxyl groups is 1. The molecule has 0 aromatic heterocycles. The maximum Gasteiger partial charge on any atom is 0.326 e. The van der Waals surface area contributed by atoms with Crippen LogP contribution in [0.4, 0.5) is 10.1 Å². The highest BCUT2D eigenvalue weighted by Gasteiger charge is 2.38. The molecule has 3 aliphatic rings. The molecule has 2 aliphatic heterocycles. The summed E-state index contributed by atoms with van der Waals surface area (Å²) in [6.45, 7) is 1.74. The molecule has 1 aliphatic carbocycles. The minimum Gasteiger partial charge on any atom is -0.506 e. The Bertz CT molecular complexity index is 925. The van der Waals surface area contributed by atoms with E-state index in [0.29, 0.717) is 16.8 Å². The van der Waals surface area contributed by atoms with E-state index < -0.39 is 39.9 Å². The van der Waals surface area contributed by atoms with Gasteiger partial charge in [-0.2, -0.15) is 8.42 Å². The number of halogens is 1. The molecule has 152 valence electrons. The third kappa shape index (κ3) is 3.60. The summed E-state index contributed by atoms with van der Waals surface area (Å²) in [5.74, 6) is -1.43. The van der Waals surface area contributed by atoms with E-state index in [2.05, 4.69) is 4.90 Å². The van der Waals surface area contributed by atoms with E-state index in [0.717, 1.165) is 18.7 Å². The van der Waals surface area contributed by atoms with Crippen LogP contribution in [0, 0.1) is 11.7 Å².